The Bertz CT molecular complexity index is 965. The van der Waals surface area contributed by atoms with Gasteiger partial charge >= 0.3 is 12.2 Å². The summed E-state index contributed by atoms with van der Waals surface area (Å²) in [5, 5.41) is 3.01. The maximum atomic E-state index is 13.9. The van der Waals surface area contributed by atoms with Gasteiger partial charge in [-0.2, -0.15) is 13.2 Å². The van der Waals surface area contributed by atoms with Crippen LogP contribution in [-0.4, -0.2) is 34.6 Å². The molecule has 0 aromatic heterocycles. The Labute approximate surface area is 162 Å². The van der Waals surface area contributed by atoms with Gasteiger partial charge in [0.15, 0.2) is 0 Å². The first-order valence-corrected chi connectivity index (χ1v) is 8.43. The highest BCUT2D eigenvalue weighted by atomic mass is 19.4. The topological polar surface area (TPSA) is 78.5 Å². The molecule has 0 radical (unpaired) electrons. The van der Waals surface area contributed by atoms with Crippen molar-refractivity contribution in [2.45, 2.75) is 24.8 Å². The molecule has 2 unspecified atom stereocenters. The molecule has 1 aliphatic rings. The number of alkyl halides is 3. The van der Waals surface area contributed by atoms with Crippen LogP contribution in [0.3, 0.4) is 0 Å². The Hall–Kier alpha value is -3.43. The molecule has 0 aliphatic carbocycles. The van der Waals surface area contributed by atoms with Gasteiger partial charge in [-0.25, -0.2) is 9.18 Å². The molecule has 152 valence electrons. The fraction of sp³-hybridized carbons (Fsp3) is 0.211. The number of benzene rings is 2. The largest absolute Gasteiger partial charge is 0.440 e. The van der Waals surface area contributed by atoms with Crippen LogP contribution >= 0.6 is 0 Å². The van der Waals surface area contributed by atoms with Crippen molar-refractivity contribution in [2.24, 2.45) is 0 Å². The Morgan fingerprint density at radius 1 is 1.07 bits per heavy atom. The van der Waals surface area contributed by atoms with Crippen LogP contribution in [-0.2, 0) is 4.79 Å². The van der Waals surface area contributed by atoms with E-state index in [1.807, 2.05) is 0 Å². The van der Waals surface area contributed by atoms with Gasteiger partial charge in [-0.3, -0.25) is 19.8 Å². The number of halogens is 4. The Kier molecular flexibility index (Phi) is 5.04. The van der Waals surface area contributed by atoms with E-state index in [9.17, 15) is 31.9 Å². The number of urea groups is 1. The van der Waals surface area contributed by atoms with Crippen LogP contribution in [0.25, 0.3) is 0 Å². The van der Waals surface area contributed by atoms with Gasteiger partial charge in [0.05, 0.1) is 11.6 Å². The number of hydrogen-bond acceptors (Lipinski definition) is 3. The second-order valence-electron chi connectivity index (χ2n) is 6.37. The highest BCUT2D eigenvalue weighted by Crippen LogP contribution is 2.37. The molecule has 2 aromatic carbocycles. The van der Waals surface area contributed by atoms with Gasteiger partial charge in [0, 0.05) is 0 Å². The number of carbonyl (C=O) groups is 3. The molecule has 10 heteroatoms. The lowest BCUT2D eigenvalue weighted by Crippen LogP contribution is -2.69. The molecule has 0 spiro atoms. The zero-order chi connectivity index (χ0) is 21.4. The summed E-state index contributed by atoms with van der Waals surface area (Å²) in [5.74, 6) is -4.28. The van der Waals surface area contributed by atoms with Gasteiger partial charge in [0.25, 0.3) is 17.5 Å². The van der Waals surface area contributed by atoms with Crippen molar-refractivity contribution in [1.82, 2.24) is 15.5 Å². The van der Waals surface area contributed by atoms with E-state index in [4.69, 9.17) is 0 Å². The smallest absolute Gasteiger partial charge is 0.314 e. The molecule has 1 fully saturated rings. The van der Waals surface area contributed by atoms with E-state index < -0.39 is 47.1 Å². The third-order valence-corrected chi connectivity index (χ3v) is 4.57. The molecule has 29 heavy (non-hydrogen) atoms. The lowest BCUT2D eigenvalue weighted by molar-refractivity contribution is -0.200. The number of nitrogens with one attached hydrogen (secondary N) is 2. The van der Waals surface area contributed by atoms with Crippen LogP contribution in [0.1, 0.15) is 28.9 Å². The van der Waals surface area contributed by atoms with E-state index in [1.54, 1.807) is 18.2 Å². The minimum absolute atomic E-state index is 0.379. The number of imide groups is 1. The summed E-state index contributed by atoms with van der Waals surface area (Å²) in [6, 6.07) is 9.89. The summed E-state index contributed by atoms with van der Waals surface area (Å²) in [6.07, 6.45) is -5.38. The molecule has 6 nitrogen and oxygen atoms in total. The number of hydrogen-bond donors (Lipinski definition) is 2. The molecule has 1 saturated heterocycles. The molecule has 1 heterocycles. The molecule has 3 rings (SSSR count). The summed E-state index contributed by atoms with van der Waals surface area (Å²) < 4.78 is 55.5. The SMILES string of the molecule is CC(c1ccccc1)N1C(=O)NC(NC(=O)c2ccccc2F)(C(F)(F)F)C1=O. The monoisotopic (exact) mass is 409 g/mol. The minimum atomic E-state index is -5.38. The van der Waals surface area contributed by atoms with Gasteiger partial charge in [-0.05, 0) is 24.6 Å². The fourth-order valence-electron chi connectivity index (χ4n) is 3.01. The van der Waals surface area contributed by atoms with Crippen molar-refractivity contribution in [3.63, 3.8) is 0 Å². The van der Waals surface area contributed by atoms with Gasteiger partial charge in [-0.1, -0.05) is 42.5 Å². The molecule has 2 atom stereocenters. The average molecular weight is 409 g/mol. The van der Waals surface area contributed by atoms with E-state index in [-0.39, 0.29) is 0 Å². The molecular weight excluding hydrogens is 394 g/mol. The third-order valence-electron chi connectivity index (χ3n) is 4.57. The van der Waals surface area contributed by atoms with Crippen LogP contribution < -0.4 is 10.6 Å². The van der Waals surface area contributed by atoms with E-state index in [2.05, 4.69) is 0 Å². The number of rotatable bonds is 4. The van der Waals surface area contributed by atoms with Gasteiger partial charge in [0.2, 0.25) is 0 Å². The van der Waals surface area contributed by atoms with Crippen LogP contribution in [0.15, 0.2) is 54.6 Å². The highest BCUT2D eigenvalue weighted by Gasteiger charge is 2.69. The molecule has 2 N–H and O–H groups in total. The molecular formula is C19H15F4N3O3. The highest BCUT2D eigenvalue weighted by molar-refractivity contribution is 6.10. The first-order chi connectivity index (χ1) is 13.6. The lowest BCUT2D eigenvalue weighted by atomic mass is 10.0. The van der Waals surface area contributed by atoms with Crippen LogP contribution in [0.5, 0.6) is 0 Å². The molecule has 0 bridgehead atoms. The zero-order valence-electron chi connectivity index (χ0n) is 15.0. The Morgan fingerprint density at radius 2 is 1.66 bits per heavy atom. The van der Waals surface area contributed by atoms with Crippen LogP contribution in [0.4, 0.5) is 22.4 Å². The summed E-state index contributed by atoms with van der Waals surface area (Å²) in [4.78, 5) is 37.8. The van der Waals surface area contributed by atoms with Gasteiger partial charge in [0.1, 0.15) is 5.82 Å². The van der Waals surface area contributed by atoms with Gasteiger partial charge in [-0.15, -0.1) is 0 Å². The summed E-state index contributed by atoms with van der Waals surface area (Å²) >= 11 is 0. The van der Waals surface area contributed by atoms with Crippen LogP contribution in [0, 0.1) is 5.82 Å². The Morgan fingerprint density at radius 3 is 2.24 bits per heavy atom. The maximum absolute atomic E-state index is 13.9. The predicted molar refractivity (Wildman–Crippen MR) is 92.9 cm³/mol. The quantitative estimate of drug-likeness (QED) is 0.602. The molecule has 1 aliphatic heterocycles. The molecule has 0 saturated carbocycles. The van der Waals surface area contributed by atoms with Crippen molar-refractivity contribution in [3.05, 3.63) is 71.5 Å². The van der Waals surface area contributed by atoms with Gasteiger partial charge < -0.3 is 5.32 Å². The first kappa shape index (κ1) is 20.3. The molecule has 2 aromatic rings. The third kappa shape index (κ3) is 3.41. The number of nitrogens with zero attached hydrogens (tertiary/aromatic N) is 1. The Balaban J connectivity index is 1.99. The average Bonchev–Trinajstić information content (AvgIpc) is 2.92. The maximum Gasteiger partial charge on any atom is 0.440 e. The van der Waals surface area contributed by atoms with E-state index in [1.165, 1.54) is 41.8 Å². The van der Waals surface area contributed by atoms with E-state index in [0.29, 0.717) is 10.5 Å². The standard InChI is InChI=1S/C19H15F4N3O3/c1-11(12-7-3-2-4-8-12)26-16(28)18(19(21,22)23,25-17(26)29)24-15(27)13-9-5-6-10-14(13)20/h2-11H,1H3,(H,24,27)(H,25,29). The van der Waals surface area contributed by atoms with E-state index in [0.717, 1.165) is 12.1 Å². The fourth-order valence-corrected chi connectivity index (χ4v) is 3.01. The second kappa shape index (κ2) is 7.19. The van der Waals surface area contributed by atoms with Crippen molar-refractivity contribution >= 4 is 17.8 Å². The summed E-state index contributed by atoms with van der Waals surface area (Å²) in [7, 11) is 0. The zero-order valence-corrected chi connectivity index (χ0v) is 15.0. The predicted octanol–water partition coefficient (Wildman–Crippen LogP) is 3.13. The second-order valence-corrected chi connectivity index (χ2v) is 6.37. The minimum Gasteiger partial charge on any atom is -0.314 e. The van der Waals surface area contributed by atoms with E-state index >= 15 is 0 Å². The lowest BCUT2D eigenvalue weighted by Gasteiger charge is -2.30. The number of amides is 4. The van der Waals surface area contributed by atoms with Crippen molar-refractivity contribution in [1.29, 1.82) is 0 Å². The van der Waals surface area contributed by atoms with Crippen molar-refractivity contribution in [2.75, 3.05) is 0 Å². The van der Waals surface area contributed by atoms with Crippen molar-refractivity contribution in [3.8, 4) is 0 Å². The number of carbonyl (C=O) groups excluding carboxylic acids is 3. The summed E-state index contributed by atoms with van der Waals surface area (Å²) in [5.41, 5.74) is -4.01. The summed E-state index contributed by atoms with van der Waals surface area (Å²) in [6.45, 7) is 1.37. The first-order valence-electron chi connectivity index (χ1n) is 8.43. The molecule has 4 amide bonds. The van der Waals surface area contributed by atoms with Crippen LogP contribution in [0.2, 0.25) is 0 Å². The normalized spacial score (nSPS) is 20.4. The van der Waals surface area contributed by atoms with Crippen molar-refractivity contribution < 1.29 is 31.9 Å².